The van der Waals surface area contributed by atoms with Crippen molar-refractivity contribution < 1.29 is 9.90 Å². The number of carboxylic acids is 1. The lowest BCUT2D eigenvalue weighted by molar-refractivity contribution is 0.0697. The Kier molecular flexibility index (Phi) is 2.24. The predicted molar refractivity (Wildman–Crippen MR) is 52.3 cm³/mol. The van der Waals surface area contributed by atoms with Gasteiger partial charge in [-0.25, -0.2) is 4.79 Å². The van der Waals surface area contributed by atoms with Gasteiger partial charge < -0.3 is 5.11 Å². The number of hydrogen-bond acceptors (Lipinski definition) is 4. The van der Waals surface area contributed by atoms with E-state index in [0.29, 0.717) is 5.69 Å². The van der Waals surface area contributed by atoms with Crippen molar-refractivity contribution in [3.63, 3.8) is 0 Å². The summed E-state index contributed by atoms with van der Waals surface area (Å²) in [6, 6.07) is 6.63. The summed E-state index contributed by atoms with van der Waals surface area (Å²) in [5.74, 6) is -0.935. The monoisotopic (exact) mass is 206 g/mol. The van der Waals surface area contributed by atoms with Crippen LogP contribution in [0.1, 0.15) is 10.4 Å². The summed E-state index contributed by atoms with van der Waals surface area (Å²) in [6.45, 7) is 0. The number of carbonyl (C=O) groups is 1. The van der Waals surface area contributed by atoms with E-state index in [1.165, 1.54) is 0 Å². The van der Waals surface area contributed by atoms with Gasteiger partial charge in [-0.15, -0.1) is 0 Å². The average Bonchev–Trinajstić information content (AvgIpc) is 2.71. The first-order valence-corrected chi connectivity index (χ1v) is 4.62. The first-order valence-electron chi connectivity index (χ1n) is 3.88. The van der Waals surface area contributed by atoms with Crippen LogP contribution in [0.3, 0.4) is 0 Å². The van der Waals surface area contributed by atoms with E-state index in [2.05, 4.69) is 8.75 Å². The summed E-state index contributed by atoms with van der Waals surface area (Å²) in [7, 11) is 0. The van der Waals surface area contributed by atoms with E-state index < -0.39 is 5.97 Å². The molecule has 0 aliphatic rings. The van der Waals surface area contributed by atoms with Gasteiger partial charge in [-0.1, -0.05) is 12.1 Å². The molecule has 0 aliphatic carbocycles. The minimum absolute atomic E-state index is 0.260. The van der Waals surface area contributed by atoms with Crippen molar-refractivity contribution in [1.82, 2.24) is 8.75 Å². The molecule has 0 unspecified atom stereocenters. The second-order valence-corrected chi connectivity index (χ2v) is 3.24. The van der Waals surface area contributed by atoms with Gasteiger partial charge in [-0.2, -0.15) is 8.75 Å². The molecule has 0 amide bonds. The molecule has 0 saturated carbocycles. The molecule has 4 nitrogen and oxygen atoms in total. The van der Waals surface area contributed by atoms with Crippen molar-refractivity contribution in [3.05, 3.63) is 36.0 Å². The number of aromatic nitrogens is 2. The average molecular weight is 206 g/mol. The molecule has 14 heavy (non-hydrogen) atoms. The number of nitrogens with zero attached hydrogens (tertiary/aromatic N) is 2. The van der Waals surface area contributed by atoms with E-state index in [4.69, 9.17) is 5.11 Å². The highest BCUT2D eigenvalue weighted by Crippen LogP contribution is 2.18. The highest BCUT2D eigenvalue weighted by molar-refractivity contribution is 6.99. The Balaban J connectivity index is 2.46. The number of aromatic carboxylic acids is 1. The number of hydrogen-bond donors (Lipinski definition) is 1. The smallest absolute Gasteiger partial charge is 0.335 e. The van der Waals surface area contributed by atoms with E-state index in [1.54, 1.807) is 24.4 Å². The Morgan fingerprint density at radius 2 is 2.29 bits per heavy atom. The van der Waals surface area contributed by atoms with Crippen LogP contribution in [0.25, 0.3) is 11.3 Å². The van der Waals surface area contributed by atoms with E-state index >= 15 is 0 Å². The molecule has 0 saturated heterocycles. The maximum Gasteiger partial charge on any atom is 0.335 e. The second-order valence-electron chi connectivity index (χ2n) is 2.68. The van der Waals surface area contributed by atoms with E-state index in [0.717, 1.165) is 17.3 Å². The highest BCUT2D eigenvalue weighted by Gasteiger charge is 2.05. The highest BCUT2D eigenvalue weighted by atomic mass is 32.1. The molecule has 2 rings (SSSR count). The largest absolute Gasteiger partial charge is 0.478 e. The van der Waals surface area contributed by atoms with Gasteiger partial charge in [0.2, 0.25) is 0 Å². The Morgan fingerprint density at radius 1 is 1.43 bits per heavy atom. The van der Waals surface area contributed by atoms with Crippen LogP contribution in [-0.4, -0.2) is 19.8 Å². The van der Waals surface area contributed by atoms with E-state index in [1.807, 2.05) is 6.07 Å². The zero-order valence-electron chi connectivity index (χ0n) is 7.04. The molecule has 0 atom stereocenters. The quantitative estimate of drug-likeness (QED) is 0.815. The maximum absolute atomic E-state index is 10.7. The third kappa shape index (κ3) is 1.62. The van der Waals surface area contributed by atoms with Crippen LogP contribution in [0.2, 0.25) is 0 Å². The van der Waals surface area contributed by atoms with Gasteiger partial charge in [0.05, 0.1) is 23.5 Å². The fraction of sp³-hybridized carbons (Fsp3) is 0. The Hall–Kier alpha value is -1.75. The lowest BCUT2D eigenvalue weighted by Crippen LogP contribution is -1.95. The molecule has 0 aliphatic heterocycles. The third-order valence-corrected chi connectivity index (χ3v) is 2.24. The van der Waals surface area contributed by atoms with Gasteiger partial charge in [0.15, 0.2) is 0 Å². The summed E-state index contributed by atoms with van der Waals surface area (Å²) in [5, 5.41) is 8.77. The van der Waals surface area contributed by atoms with Crippen LogP contribution >= 0.6 is 11.7 Å². The van der Waals surface area contributed by atoms with Crippen LogP contribution in [-0.2, 0) is 0 Å². The molecule has 0 radical (unpaired) electrons. The molecular weight excluding hydrogens is 200 g/mol. The number of carboxylic acid groups (broad SMARTS) is 1. The van der Waals surface area contributed by atoms with Crippen LogP contribution in [0.4, 0.5) is 0 Å². The summed E-state index contributed by atoms with van der Waals surface area (Å²) in [6.07, 6.45) is 1.62. The van der Waals surface area contributed by atoms with Gasteiger partial charge >= 0.3 is 5.97 Å². The summed E-state index contributed by atoms with van der Waals surface area (Å²) in [5.41, 5.74) is 1.74. The molecule has 0 spiro atoms. The molecule has 1 N–H and O–H groups in total. The topological polar surface area (TPSA) is 63.1 Å². The van der Waals surface area contributed by atoms with Crippen LogP contribution in [0.15, 0.2) is 30.5 Å². The van der Waals surface area contributed by atoms with Crippen LogP contribution < -0.4 is 0 Å². The molecule has 2 aromatic rings. The summed E-state index contributed by atoms with van der Waals surface area (Å²) in [4.78, 5) is 10.7. The predicted octanol–water partition coefficient (Wildman–Crippen LogP) is 1.90. The lowest BCUT2D eigenvalue weighted by atomic mass is 10.1. The SMILES string of the molecule is O=C(O)c1cccc(-c2cnsn2)c1. The Labute approximate surface area is 84.2 Å². The van der Waals surface area contributed by atoms with Crippen molar-refractivity contribution >= 4 is 17.7 Å². The van der Waals surface area contributed by atoms with Crippen molar-refractivity contribution in [2.24, 2.45) is 0 Å². The van der Waals surface area contributed by atoms with Crippen molar-refractivity contribution in [3.8, 4) is 11.3 Å². The first-order chi connectivity index (χ1) is 6.77. The molecule has 1 heterocycles. The maximum atomic E-state index is 10.7. The fourth-order valence-corrected chi connectivity index (χ4v) is 1.54. The molecule has 0 fully saturated rings. The minimum atomic E-state index is -0.935. The molecule has 70 valence electrons. The van der Waals surface area contributed by atoms with Gasteiger partial charge in [0, 0.05) is 5.56 Å². The van der Waals surface area contributed by atoms with Crippen LogP contribution in [0.5, 0.6) is 0 Å². The number of rotatable bonds is 2. The van der Waals surface area contributed by atoms with E-state index in [-0.39, 0.29) is 5.56 Å². The van der Waals surface area contributed by atoms with Crippen molar-refractivity contribution in [1.29, 1.82) is 0 Å². The molecule has 1 aromatic heterocycles. The van der Waals surface area contributed by atoms with Crippen molar-refractivity contribution in [2.45, 2.75) is 0 Å². The van der Waals surface area contributed by atoms with E-state index in [9.17, 15) is 4.79 Å². The van der Waals surface area contributed by atoms with Gasteiger partial charge in [0.25, 0.3) is 0 Å². The number of benzene rings is 1. The molecule has 0 bridgehead atoms. The first kappa shape index (κ1) is 8.83. The summed E-state index contributed by atoms with van der Waals surface area (Å²) >= 11 is 1.10. The lowest BCUT2D eigenvalue weighted by Gasteiger charge is -1.97. The summed E-state index contributed by atoms with van der Waals surface area (Å²) < 4.78 is 7.88. The second kappa shape index (κ2) is 3.55. The zero-order chi connectivity index (χ0) is 9.97. The fourth-order valence-electron chi connectivity index (χ4n) is 1.10. The Morgan fingerprint density at radius 3 is 2.93 bits per heavy atom. The van der Waals surface area contributed by atoms with Gasteiger partial charge in [-0.3, -0.25) is 0 Å². The van der Waals surface area contributed by atoms with Crippen molar-refractivity contribution in [2.75, 3.05) is 0 Å². The molecular formula is C9H6N2O2S. The third-order valence-electron chi connectivity index (χ3n) is 1.77. The van der Waals surface area contributed by atoms with Gasteiger partial charge in [-0.05, 0) is 12.1 Å². The normalized spacial score (nSPS) is 10.0. The standard InChI is InChI=1S/C9H6N2O2S/c12-9(13)7-3-1-2-6(4-7)8-5-10-14-11-8/h1-5H,(H,12,13). The zero-order valence-corrected chi connectivity index (χ0v) is 7.86. The van der Waals surface area contributed by atoms with Crippen LogP contribution in [0, 0.1) is 0 Å². The minimum Gasteiger partial charge on any atom is -0.478 e. The Bertz CT molecular complexity index is 454. The van der Waals surface area contributed by atoms with Gasteiger partial charge in [0.1, 0.15) is 5.69 Å². The molecule has 5 heteroatoms. The molecule has 1 aromatic carbocycles.